The summed E-state index contributed by atoms with van der Waals surface area (Å²) in [5.41, 5.74) is 5.59. The first-order chi connectivity index (χ1) is 9.31. The molecule has 0 radical (unpaired) electrons. The van der Waals surface area contributed by atoms with Crippen LogP contribution < -0.4 is 15.8 Å². The highest BCUT2D eigenvalue weighted by atomic mass is 16.5. The van der Waals surface area contributed by atoms with Gasteiger partial charge in [0, 0.05) is 12.5 Å². The van der Waals surface area contributed by atoms with E-state index in [1.165, 1.54) is 31.2 Å². The molecule has 2 amide bonds. The average Bonchev–Trinajstić information content (AvgIpc) is 2.35. The fourth-order valence-electron chi connectivity index (χ4n) is 1.63. The van der Waals surface area contributed by atoms with Gasteiger partial charge in [0.1, 0.15) is 11.8 Å². The molecule has 0 bridgehead atoms. The van der Waals surface area contributed by atoms with E-state index in [1.807, 2.05) is 0 Å². The van der Waals surface area contributed by atoms with Crippen LogP contribution in [0.4, 0.5) is 0 Å². The monoisotopic (exact) mass is 278 g/mol. The molecule has 0 aliphatic heterocycles. The van der Waals surface area contributed by atoms with Crippen molar-refractivity contribution in [2.45, 2.75) is 26.8 Å². The van der Waals surface area contributed by atoms with Gasteiger partial charge in [-0.1, -0.05) is 13.8 Å². The number of primary amides is 1. The summed E-state index contributed by atoms with van der Waals surface area (Å²) in [6.07, 6.45) is 0. The third-order valence-electron chi connectivity index (χ3n) is 2.64. The second-order valence-corrected chi connectivity index (χ2v) is 4.72. The SMILES string of the molecule is CC(=O)Oc1ccc(C(=O)N[C@H](C(N)=O)C(C)C)cc1. The van der Waals surface area contributed by atoms with Gasteiger partial charge in [-0.15, -0.1) is 0 Å². The third kappa shape index (κ3) is 4.38. The number of amides is 2. The average molecular weight is 278 g/mol. The van der Waals surface area contributed by atoms with Crippen molar-refractivity contribution in [1.29, 1.82) is 0 Å². The molecule has 108 valence electrons. The van der Waals surface area contributed by atoms with Gasteiger partial charge in [0.25, 0.3) is 5.91 Å². The van der Waals surface area contributed by atoms with Crippen molar-refractivity contribution in [1.82, 2.24) is 5.32 Å². The summed E-state index contributed by atoms with van der Waals surface area (Å²) in [4.78, 5) is 34.0. The predicted octanol–water partition coefficient (Wildman–Crippen LogP) is 0.852. The van der Waals surface area contributed by atoms with Gasteiger partial charge in [-0.2, -0.15) is 0 Å². The second-order valence-electron chi connectivity index (χ2n) is 4.72. The number of carbonyl (C=O) groups excluding carboxylic acids is 3. The summed E-state index contributed by atoms with van der Waals surface area (Å²) in [5, 5.41) is 2.57. The first-order valence-corrected chi connectivity index (χ1v) is 6.20. The van der Waals surface area contributed by atoms with Crippen LogP contribution in [0.25, 0.3) is 0 Å². The van der Waals surface area contributed by atoms with Gasteiger partial charge in [-0.25, -0.2) is 0 Å². The van der Waals surface area contributed by atoms with E-state index < -0.39 is 23.8 Å². The normalized spacial score (nSPS) is 11.8. The fourth-order valence-corrected chi connectivity index (χ4v) is 1.63. The van der Waals surface area contributed by atoms with Gasteiger partial charge >= 0.3 is 5.97 Å². The molecule has 0 aliphatic rings. The number of hydrogen-bond acceptors (Lipinski definition) is 4. The maximum absolute atomic E-state index is 12.0. The zero-order valence-electron chi connectivity index (χ0n) is 11.7. The Morgan fingerprint density at radius 3 is 2.10 bits per heavy atom. The first kappa shape index (κ1) is 15.7. The molecule has 0 saturated carbocycles. The number of benzene rings is 1. The van der Waals surface area contributed by atoms with Crippen LogP contribution in [-0.4, -0.2) is 23.8 Å². The van der Waals surface area contributed by atoms with E-state index in [1.54, 1.807) is 13.8 Å². The Hall–Kier alpha value is -2.37. The Labute approximate surface area is 117 Å². The minimum atomic E-state index is -0.726. The van der Waals surface area contributed by atoms with Crippen LogP contribution in [0.5, 0.6) is 5.75 Å². The molecule has 1 aromatic carbocycles. The molecule has 6 nitrogen and oxygen atoms in total. The molecule has 20 heavy (non-hydrogen) atoms. The molecule has 6 heteroatoms. The van der Waals surface area contributed by atoms with Gasteiger partial charge in [0.15, 0.2) is 0 Å². The molecule has 0 unspecified atom stereocenters. The molecular formula is C14H18N2O4. The Morgan fingerprint density at radius 2 is 1.70 bits per heavy atom. The van der Waals surface area contributed by atoms with Crippen LogP contribution >= 0.6 is 0 Å². The number of rotatable bonds is 5. The lowest BCUT2D eigenvalue weighted by atomic mass is 10.0. The number of ether oxygens (including phenoxy) is 1. The summed E-state index contributed by atoms with van der Waals surface area (Å²) in [7, 11) is 0. The van der Waals surface area contributed by atoms with E-state index in [0.29, 0.717) is 11.3 Å². The zero-order valence-corrected chi connectivity index (χ0v) is 11.7. The highest BCUT2D eigenvalue weighted by Gasteiger charge is 2.22. The van der Waals surface area contributed by atoms with Crippen LogP contribution in [0.15, 0.2) is 24.3 Å². The Bertz CT molecular complexity index is 508. The molecule has 0 saturated heterocycles. The van der Waals surface area contributed by atoms with E-state index in [4.69, 9.17) is 10.5 Å². The molecule has 0 fully saturated rings. The van der Waals surface area contributed by atoms with Crippen molar-refractivity contribution in [2.75, 3.05) is 0 Å². The van der Waals surface area contributed by atoms with E-state index >= 15 is 0 Å². The van der Waals surface area contributed by atoms with Crippen molar-refractivity contribution in [3.05, 3.63) is 29.8 Å². The summed E-state index contributed by atoms with van der Waals surface area (Å²) in [6, 6.07) is 5.30. The van der Waals surface area contributed by atoms with Crippen molar-refractivity contribution >= 4 is 17.8 Å². The summed E-state index contributed by atoms with van der Waals surface area (Å²) in [5.74, 6) is -1.17. The number of hydrogen-bond donors (Lipinski definition) is 2. The largest absolute Gasteiger partial charge is 0.427 e. The molecule has 1 rings (SSSR count). The lowest BCUT2D eigenvalue weighted by Crippen LogP contribution is -2.47. The van der Waals surface area contributed by atoms with Crippen LogP contribution in [0, 0.1) is 5.92 Å². The number of nitrogens with one attached hydrogen (secondary N) is 1. The molecule has 0 aliphatic carbocycles. The zero-order chi connectivity index (χ0) is 15.3. The highest BCUT2D eigenvalue weighted by Crippen LogP contribution is 2.13. The maximum atomic E-state index is 12.0. The summed E-state index contributed by atoms with van der Waals surface area (Å²) < 4.78 is 4.86. The molecule has 0 aromatic heterocycles. The van der Waals surface area contributed by atoms with E-state index in [2.05, 4.69) is 5.32 Å². The topological polar surface area (TPSA) is 98.5 Å². The lowest BCUT2D eigenvalue weighted by molar-refractivity contribution is -0.131. The first-order valence-electron chi connectivity index (χ1n) is 6.20. The Kier molecular flexibility index (Phi) is 5.25. The molecular weight excluding hydrogens is 260 g/mol. The minimum Gasteiger partial charge on any atom is -0.427 e. The standard InChI is InChI=1S/C14H18N2O4/c1-8(2)12(13(15)18)16-14(19)10-4-6-11(7-5-10)20-9(3)17/h4-8,12H,1-3H3,(H2,15,18)(H,16,19)/t12-/m0/s1. The van der Waals surface area contributed by atoms with E-state index in [0.717, 1.165) is 0 Å². The van der Waals surface area contributed by atoms with Crippen molar-refractivity contribution in [2.24, 2.45) is 11.7 Å². The van der Waals surface area contributed by atoms with Gasteiger partial charge in [-0.3, -0.25) is 14.4 Å². The van der Waals surface area contributed by atoms with Crippen LogP contribution in [0.3, 0.4) is 0 Å². The van der Waals surface area contributed by atoms with Crippen LogP contribution in [0.2, 0.25) is 0 Å². The lowest BCUT2D eigenvalue weighted by Gasteiger charge is -2.18. The predicted molar refractivity (Wildman–Crippen MR) is 73.0 cm³/mol. The second kappa shape index (κ2) is 6.70. The minimum absolute atomic E-state index is 0.100. The number of esters is 1. The van der Waals surface area contributed by atoms with Gasteiger partial charge in [-0.05, 0) is 30.2 Å². The molecule has 1 atom stereocenters. The van der Waals surface area contributed by atoms with Crippen LogP contribution in [0.1, 0.15) is 31.1 Å². The number of carbonyl (C=O) groups is 3. The van der Waals surface area contributed by atoms with Crippen LogP contribution in [-0.2, 0) is 9.59 Å². The van der Waals surface area contributed by atoms with Gasteiger partial charge in [0.2, 0.25) is 5.91 Å². The number of nitrogens with two attached hydrogens (primary N) is 1. The molecule has 1 aromatic rings. The van der Waals surface area contributed by atoms with Crippen molar-refractivity contribution < 1.29 is 19.1 Å². The summed E-state index contributed by atoms with van der Waals surface area (Å²) in [6.45, 7) is 4.87. The molecule has 0 heterocycles. The smallest absolute Gasteiger partial charge is 0.308 e. The fraction of sp³-hybridized carbons (Fsp3) is 0.357. The van der Waals surface area contributed by atoms with Crippen molar-refractivity contribution in [3.8, 4) is 5.75 Å². The highest BCUT2D eigenvalue weighted by molar-refractivity contribution is 5.97. The summed E-state index contributed by atoms with van der Waals surface area (Å²) >= 11 is 0. The quantitative estimate of drug-likeness (QED) is 0.616. The maximum Gasteiger partial charge on any atom is 0.308 e. The van der Waals surface area contributed by atoms with E-state index in [-0.39, 0.29) is 5.92 Å². The third-order valence-corrected chi connectivity index (χ3v) is 2.64. The van der Waals surface area contributed by atoms with Gasteiger partial charge < -0.3 is 15.8 Å². The molecule has 3 N–H and O–H groups in total. The van der Waals surface area contributed by atoms with Crippen molar-refractivity contribution in [3.63, 3.8) is 0 Å². The van der Waals surface area contributed by atoms with Gasteiger partial charge in [0.05, 0.1) is 0 Å². The Morgan fingerprint density at radius 1 is 1.15 bits per heavy atom. The Balaban J connectivity index is 2.77. The van der Waals surface area contributed by atoms with E-state index in [9.17, 15) is 14.4 Å². The molecule has 0 spiro atoms.